The molecule has 0 aromatic heterocycles. The standard InChI is InChI=1S/C29H57N9O6S/c1-19(39)21(12-13-25(34)40)35-29(44)24(14-18-45-2)38-28(43)23(11-5-8-17-32)37-27(42)22(10-4-7-16-31)36-26(41)20(33)9-3-6-15-30/h20-24H,3-18,30-33H2,1-2H3,(H2,34,40)(H,35,44)(H,36,41)(H,37,42)(H,38,43)/t20-,21-,22-,23-,24-/m0/s1. The molecule has 5 atom stereocenters. The van der Waals surface area contributed by atoms with E-state index in [9.17, 15) is 28.8 Å². The number of amides is 5. The second-order valence-electron chi connectivity index (χ2n) is 11.1. The summed E-state index contributed by atoms with van der Waals surface area (Å²) in [6.07, 6.45) is 6.69. The Morgan fingerprint density at radius 1 is 0.578 bits per heavy atom. The Labute approximate surface area is 271 Å². The van der Waals surface area contributed by atoms with Crippen molar-refractivity contribution in [2.45, 2.75) is 114 Å². The normalized spacial score (nSPS) is 14.4. The lowest BCUT2D eigenvalue weighted by molar-refractivity contribution is -0.134. The van der Waals surface area contributed by atoms with Crippen molar-refractivity contribution in [1.29, 1.82) is 0 Å². The quantitative estimate of drug-likeness (QED) is 0.0446. The highest BCUT2D eigenvalue weighted by Crippen LogP contribution is 2.09. The van der Waals surface area contributed by atoms with E-state index < -0.39 is 59.7 Å². The minimum Gasteiger partial charge on any atom is -0.370 e. The van der Waals surface area contributed by atoms with E-state index in [0.717, 1.165) is 6.42 Å². The molecule has 0 aliphatic rings. The molecule has 0 aliphatic carbocycles. The first kappa shape index (κ1) is 42.2. The van der Waals surface area contributed by atoms with Crippen molar-refractivity contribution in [2.75, 3.05) is 31.6 Å². The fraction of sp³-hybridized carbons (Fsp3) is 0.793. The number of nitrogens with two attached hydrogens (primary N) is 5. The van der Waals surface area contributed by atoms with Gasteiger partial charge in [-0.1, -0.05) is 6.42 Å². The Morgan fingerprint density at radius 2 is 0.978 bits per heavy atom. The van der Waals surface area contributed by atoms with Gasteiger partial charge in [-0.2, -0.15) is 11.8 Å². The van der Waals surface area contributed by atoms with Gasteiger partial charge in [-0.05, 0) is 103 Å². The zero-order valence-corrected chi connectivity index (χ0v) is 27.8. The van der Waals surface area contributed by atoms with Crippen LogP contribution in [0.4, 0.5) is 0 Å². The maximum absolute atomic E-state index is 13.5. The summed E-state index contributed by atoms with van der Waals surface area (Å²) < 4.78 is 0. The summed E-state index contributed by atoms with van der Waals surface area (Å²) in [7, 11) is 0. The average Bonchev–Trinajstić information content (AvgIpc) is 2.99. The lowest BCUT2D eigenvalue weighted by Crippen LogP contribution is -2.58. The van der Waals surface area contributed by atoms with E-state index >= 15 is 0 Å². The van der Waals surface area contributed by atoms with Gasteiger partial charge in [0.2, 0.25) is 29.5 Å². The van der Waals surface area contributed by atoms with Crippen molar-refractivity contribution >= 4 is 47.1 Å². The topological polar surface area (TPSA) is 281 Å². The lowest BCUT2D eigenvalue weighted by atomic mass is 10.0. The average molecular weight is 660 g/mol. The van der Waals surface area contributed by atoms with Gasteiger partial charge in [0.15, 0.2) is 5.78 Å². The molecule has 0 saturated carbocycles. The summed E-state index contributed by atoms with van der Waals surface area (Å²) in [5, 5.41) is 10.8. The monoisotopic (exact) mass is 659 g/mol. The van der Waals surface area contributed by atoms with Gasteiger partial charge in [0, 0.05) is 6.42 Å². The fourth-order valence-electron chi connectivity index (χ4n) is 4.43. The Hall–Kier alpha value is -2.79. The van der Waals surface area contributed by atoms with Crippen molar-refractivity contribution in [3.8, 4) is 0 Å². The summed E-state index contributed by atoms with van der Waals surface area (Å²) in [6.45, 7) is 2.58. The molecule has 0 aromatic rings. The van der Waals surface area contributed by atoms with Gasteiger partial charge < -0.3 is 49.9 Å². The van der Waals surface area contributed by atoms with Gasteiger partial charge >= 0.3 is 0 Å². The van der Waals surface area contributed by atoms with Gasteiger partial charge in [0.05, 0.1) is 12.1 Å². The molecular formula is C29H57N9O6S. The van der Waals surface area contributed by atoms with Gasteiger partial charge in [-0.15, -0.1) is 0 Å². The second kappa shape index (κ2) is 25.4. The van der Waals surface area contributed by atoms with E-state index in [-0.39, 0.29) is 37.9 Å². The minimum absolute atomic E-state index is 0.0330. The zero-order chi connectivity index (χ0) is 34.2. The molecule has 0 spiro atoms. The van der Waals surface area contributed by atoms with Crippen LogP contribution >= 0.6 is 11.8 Å². The van der Waals surface area contributed by atoms with Crippen LogP contribution in [0.25, 0.3) is 0 Å². The van der Waals surface area contributed by atoms with Crippen LogP contribution in [0, 0.1) is 0 Å². The maximum Gasteiger partial charge on any atom is 0.243 e. The number of hydrogen-bond donors (Lipinski definition) is 9. The first-order valence-electron chi connectivity index (χ1n) is 15.8. The van der Waals surface area contributed by atoms with Crippen molar-refractivity contribution in [2.24, 2.45) is 28.7 Å². The van der Waals surface area contributed by atoms with Gasteiger partial charge in [0.1, 0.15) is 18.1 Å². The summed E-state index contributed by atoms with van der Waals surface area (Å²) in [4.78, 5) is 76.3. The number of carbonyl (C=O) groups is 6. The van der Waals surface area contributed by atoms with Crippen LogP contribution in [-0.4, -0.2) is 97.2 Å². The number of carbonyl (C=O) groups excluding carboxylic acids is 6. The van der Waals surface area contributed by atoms with Crippen LogP contribution in [0.2, 0.25) is 0 Å². The molecule has 5 amide bonds. The van der Waals surface area contributed by atoms with Crippen LogP contribution < -0.4 is 49.9 Å². The van der Waals surface area contributed by atoms with Gasteiger partial charge in [-0.3, -0.25) is 28.8 Å². The smallest absolute Gasteiger partial charge is 0.243 e. The highest BCUT2D eigenvalue weighted by molar-refractivity contribution is 7.98. The third kappa shape index (κ3) is 19.4. The third-order valence-electron chi connectivity index (χ3n) is 7.20. The molecule has 0 fully saturated rings. The maximum atomic E-state index is 13.5. The molecule has 0 saturated heterocycles. The molecular weight excluding hydrogens is 602 g/mol. The Bertz CT molecular complexity index is 927. The molecule has 0 bridgehead atoms. The van der Waals surface area contributed by atoms with Crippen molar-refractivity contribution in [3.63, 3.8) is 0 Å². The first-order chi connectivity index (χ1) is 21.4. The van der Waals surface area contributed by atoms with E-state index in [1.807, 2.05) is 6.26 Å². The highest BCUT2D eigenvalue weighted by atomic mass is 32.2. The van der Waals surface area contributed by atoms with Crippen molar-refractivity contribution in [1.82, 2.24) is 21.3 Å². The molecule has 0 aliphatic heterocycles. The van der Waals surface area contributed by atoms with E-state index in [1.54, 1.807) is 0 Å². The largest absolute Gasteiger partial charge is 0.370 e. The predicted molar refractivity (Wildman–Crippen MR) is 177 cm³/mol. The van der Waals surface area contributed by atoms with E-state index in [2.05, 4.69) is 21.3 Å². The Morgan fingerprint density at radius 3 is 1.38 bits per heavy atom. The minimum atomic E-state index is -1.03. The van der Waals surface area contributed by atoms with Crippen LogP contribution in [0.1, 0.15) is 84.0 Å². The molecule has 0 unspecified atom stereocenters. The van der Waals surface area contributed by atoms with E-state index in [4.69, 9.17) is 28.7 Å². The van der Waals surface area contributed by atoms with Gasteiger partial charge in [0.25, 0.3) is 0 Å². The number of hydrogen-bond acceptors (Lipinski definition) is 11. The van der Waals surface area contributed by atoms with Crippen molar-refractivity contribution in [3.05, 3.63) is 0 Å². The van der Waals surface area contributed by atoms with E-state index in [0.29, 0.717) is 63.9 Å². The van der Waals surface area contributed by atoms with Crippen molar-refractivity contribution < 1.29 is 28.8 Å². The SMILES string of the molecule is CSCC[C@H](NC(=O)[C@H](CCCCN)NC(=O)[C@H](CCCCN)NC(=O)[C@@H](N)CCCCN)C(=O)N[C@@H](CCC(N)=O)C(C)=O. The van der Waals surface area contributed by atoms with Crippen LogP contribution in [0.15, 0.2) is 0 Å². The molecule has 0 heterocycles. The number of thioether (sulfide) groups is 1. The molecule has 0 aromatic carbocycles. The molecule has 16 heteroatoms. The van der Waals surface area contributed by atoms with Gasteiger partial charge in [-0.25, -0.2) is 0 Å². The third-order valence-corrected chi connectivity index (χ3v) is 7.84. The number of ketones is 1. The zero-order valence-electron chi connectivity index (χ0n) is 26.9. The summed E-state index contributed by atoms with van der Waals surface area (Å²) in [5.74, 6) is -2.66. The molecule has 0 rings (SSSR count). The Kier molecular flexibility index (Phi) is 23.8. The van der Waals surface area contributed by atoms with E-state index in [1.165, 1.54) is 18.7 Å². The molecule has 45 heavy (non-hydrogen) atoms. The Balaban J connectivity index is 5.85. The highest BCUT2D eigenvalue weighted by Gasteiger charge is 2.31. The molecule has 15 nitrogen and oxygen atoms in total. The van der Waals surface area contributed by atoms with Crippen LogP contribution in [0.5, 0.6) is 0 Å². The molecule has 260 valence electrons. The number of unbranched alkanes of at least 4 members (excludes halogenated alkanes) is 3. The second-order valence-corrected chi connectivity index (χ2v) is 12.1. The number of primary amides is 1. The number of rotatable bonds is 27. The summed E-state index contributed by atoms with van der Waals surface area (Å²) >= 11 is 1.47. The predicted octanol–water partition coefficient (Wildman–Crippen LogP) is -1.75. The first-order valence-corrected chi connectivity index (χ1v) is 17.2. The summed E-state index contributed by atoms with van der Waals surface area (Å²) in [6, 6.07) is -4.76. The fourth-order valence-corrected chi connectivity index (χ4v) is 4.90. The number of nitrogens with one attached hydrogen (secondary N) is 4. The number of Topliss-reactive ketones (excluding diaryl/α,β-unsaturated/α-hetero) is 1. The molecule has 14 N–H and O–H groups in total. The lowest BCUT2D eigenvalue weighted by Gasteiger charge is -2.27. The summed E-state index contributed by atoms with van der Waals surface area (Å²) in [5.41, 5.74) is 28.0. The molecule has 0 radical (unpaired) electrons. The van der Waals surface area contributed by atoms with Crippen LogP contribution in [-0.2, 0) is 28.8 Å². The van der Waals surface area contributed by atoms with Crippen LogP contribution in [0.3, 0.4) is 0 Å².